The lowest BCUT2D eigenvalue weighted by molar-refractivity contribution is 0.525. The zero-order chi connectivity index (χ0) is 14.7. The van der Waals surface area contributed by atoms with Gasteiger partial charge in [-0.25, -0.2) is 9.37 Å². The molecule has 0 aliphatic carbocycles. The second-order valence-electron chi connectivity index (χ2n) is 4.90. The summed E-state index contributed by atoms with van der Waals surface area (Å²) in [5.74, 6) is 2.67. The number of aromatic nitrogens is 2. The van der Waals surface area contributed by atoms with E-state index in [-0.39, 0.29) is 17.2 Å². The molecule has 5 heteroatoms. The van der Waals surface area contributed by atoms with Gasteiger partial charge in [-0.05, 0) is 43.9 Å². The molecule has 0 saturated carbocycles. The minimum Gasteiger partial charge on any atom is -0.324 e. The van der Waals surface area contributed by atoms with Crippen molar-refractivity contribution in [2.75, 3.05) is 11.5 Å². The molecule has 0 radical (unpaired) electrons. The number of alkyl halides is 1. The van der Waals surface area contributed by atoms with E-state index in [9.17, 15) is 4.39 Å². The first kappa shape index (κ1) is 15.6. The lowest BCUT2D eigenvalue weighted by atomic mass is 10.2. The van der Waals surface area contributed by atoms with Crippen LogP contribution >= 0.6 is 23.4 Å². The van der Waals surface area contributed by atoms with Crippen molar-refractivity contribution in [2.24, 2.45) is 0 Å². The standard InChI is InChI=1S/C15H20ClFN2S/c1-4-20-9-8-10(2)19-13-7-5-6-12(17)14(13)18-15(19)11(3)16/h5-7,10-11H,4,8-9H2,1-3H3. The van der Waals surface area contributed by atoms with Gasteiger partial charge >= 0.3 is 0 Å². The van der Waals surface area contributed by atoms with E-state index in [1.54, 1.807) is 6.07 Å². The van der Waals surface area contributed by atoms with Crippen molar-refractivity contribution in [3.05, 3.63) is 29.8 Å². The van der Waals surface area contributed by atoms with Crippen LogP contribution in [0.15, 0.2) is 18.2 Å². The van der Waals surface area contributed by atoms with Gasteiger partial charge in [-0.2, -0.15) is 11.8 Å². The van der Waals surface area contributed by atoms with Gasteiger partial charge in [0.25, 0.3) is 0 Å². The highest BCUT2D eigenvalue weighted by molar-refractivity contribution is 7.99. The van der Waals surface area contributed by atoms with E-state index in [0.29, 0.717) is 5.52 Å². The van der Waals surface area contributed by atoms with E-state index in [4.69, 9.17) is 11.6 Å². The molecule has 0 N–H and O–H groups in total. The van der Waals surface area contributed by atoms with Gasteiger partial charge in [-0.15, -0.1) is 11.6 Å². The Balaban J connectivity index is 2.43. The number of imidazole rings is 1. The smallest absolute Gasteiger partial charge is 0.151 e. The highest BCUT2D eigenvalue weighted by Gasteiger charge is 2.20. The van der Waals surface area contributed by atoms with E-state index >= 15 is 0 Å². The van der Waals surface area contributed by atoms with Crippen molar-refractivity contribution >= 4 is 34.4 Å². The first-order valence-corrected chi connectivity index (χ1v) is 8.53. The molecular weight excluding hydrogens is 295 g/mol. The van der Waals surface area contributed by atoms with Crippen molar-refractivity contribution in [3.63, 3.8) is 0 Å². The van der Waals surface area contributed by atoms with Crippen LogP contribution in [0.4, 0.5) is 4.39 Å². The molecule has 0 aliphatic heterocycles. The summed E-state index contributed by atoms with van der Waals surface area (Å²) >= 11 is 8.14. The molecule has 1 aromatic carbocycles. The minimum absolute atomic E-state index is 0.233. The molecule has 0 saturated heterocycles. The first-order chi connectivity index (χ1) is 9.56. The van der Waals surface area contributed by atoms with Crippen LogP contribution in [0, 0.1) is 5.82 Å². The Kier molecular flexibility index (Phi) is 5.33. The lowest BCUT2D eigenvalue weighted by Gasteiger charge is -2.18. The Hall–Kier alpha value is -0.740. The van der Waals surface area contributed by atoms with Gasteiger partial charge in [0.15, 0.2) is 5.82 Å². The van der Waals surface area contributed by atoms with Gasteiger partial charge in [0, 0.05) is 6.04 Å². The van der Waals surface area contributed by atoms with E-state index in [1.807, 2.05) is 24.8 Å². The summed E-state index contributed by atoms with van der Waals surface area (Å²) in [5, 5.41) is -0.233. The van der Waals surface area contributed by atoms with E-state index in [1.165, 1.54) is 6.07 Å². The molecule has 110 valence electrons. The number of nitrogens with zero attached hydrogens (tertiary/aromatic N) is 2. The Morgan fingerprint density at radius 3 is 2.80 bits per heavy atom. The first-order valence-electron chi connectivity index (χ1n) is 6.94. The van der Waals surface area contributed by atoms with E-state index < -0.39 is 0 Å². The maximum atomic E-state index is 13.9. The summed E-state index contributed by atoms with van der Waals surface area (Å²) in [6.45, 7) is 6.18. The molecule has 0 amide bonds. The summed E-state index contributed by atoms with van der Waals surface area (Å²) in [6, 6.07) is 5.35. The fourth-order valence-electron chi connectivity index (χ4n) is 2.37. The van der Waals surface area contributed by atoms with Crippen molar-refractivity contribution < 1.29 is 4.39 Å². The second kappa shape index (κ2) is 6.81. The quantitative estimate of drug-likeness (QED) is 0.540. The number of thioether (sulfide) groups is 1. The highest BCUT2D eigenvalue weighted by Crippen LogP contribution is 2.30. The van der Waals surface area contributed by atoms with Gasteiger partial charge in [0.05, 0.1) is 10.9 Å². The molecule has 1 heterocycles. The number of benzene rings is 1. The number of para-hydroxylation sites is 1. The normalized spacial score (nSPS) is 14.7. The topological polar surface area (TPSA) is 17.8 Å². The fraction of sp³-hybridized carbons (Fsp3) is 0.533. The van der Waals surface area contributed by atoms with Crippen LogP contribution in [-0.2, 0) is 0 Å². The molecule has 2 rings (SSSR count). The molecule has 0 spiro atoms. The van der Waals surface area contributed by atoms with Crippen LogP contribution in [0.2, 0.25) is 0 Å². The molecule has 2 aromatic rings. The number of halogens is 2. The van der Waals surface area contributed by atoms with Gasteiger partial charge in [0.1, 0.15) is 11.3 Å². The molecule has 2 nitrogen and oxygen atoms in total. The van der Waals surface area contributed by atoms with Crippen LogP contribution in [0.3, 0.4) is 0 Å². The molecule has 0 fully saturated rings. The molecule has 2 atom stereocenters. The minimum atomic E-state index is -0.282. The van der Waals surface area contributed by atoms with Crippen molar-refractivity contribution in [3.8, 4) is 0 Å². The van der Waals surface area contributed by atoms with Crippen LogP contribution < -0.4 is 0 Å². The zero-order valence-electron chi connectivity index (χ0n) is 12.1. The maximum absolute atomic E-state index is 13.9. The van der Waals surface area contributed by atoms with Gasteiger partial charge < -0.3 is 4.57 Å². The Morgan fingerprint density at radius 2 is 2.15 bits per heavy atom. The summed E-state index contributed by atoms with van der Waals surface area (Å²) in [6.07, 6.45) is 1.02. The van der Waals surface area contributed by atoms with Crippen LogP contribution in [0.25, 0.3) is 11.0 Å². The summed E-state index contributed by atoms with van der Waals surface area (Å²) < 4.78 is 16.0. The third kappa shape index (κ3) is 3.12. The molecule has 1 aromatic heterocycles. The third-order valence-electron chi connectivity index (χ3n) is 3.38. The molecule has 2 unspecified atom stereocenters. The number of fused-ring (bicyclic) bond motifs is 1. The Labute approximate surface area is 128 Å². The third-order valence-corrected chi connectivity index (χ3v) is 4.51. The average Bonchev–Trinajstić information content (AvgIpc) is 2.80. The van der Waals surface area contributed by atoms with E-state index in [0.717, 1.165) is 29.3 Å². The predicted molar refractivity (Wildman–Crippen MR) is 86.3 cm³/mol. The fourth-order valence-corrected chi connectivity index (χ4v) is 3.32. The van der Waals surface area contributed by atoms with E-state index in [2.05, 4.69) is 23.4 Å². The number of hydrogen-bond donors (Lipinski definition) is 0. The molecule has 0 aliphatic rings. The zero-order valence-corrected chi connectivity index (χ0v) is 13.6. The second-order valence-corrected chi connectivity index (χ2v) is 6.95. The monoisotopic (exact) mass is 314 g/mol. The van der Waals surface area contributed by atoms with Crippen molar-refractivity contribution in [2.45, 2.75) is 38.6 Å². The van der Waals surface area contributed by atoms with Crippen LogP contribution in [0.5, 0.6) is 0 Å². The average molecular weight is 315 g/mol. The Morgan fingerprint density at radius 1 is 1.40 bits per heavy atom. The van der Waals surface area contributed by atoms with Crippen molar-refractivity contribution in [1.29, 1.82) is 0 Å². The van der Waals surface area contributed by atoms with Gasteiger partial charge in [-0.1, -0.05) is 13.0 Å². The number of rotatable bonds is 6. The van der Waals surface area contributed by atoms with Crippen molar-refractivity contribution in [1.82, 2.24) is 9.55 Å². The maximum Gasteiger partial charge on any atom is 0.151 e. The summed E-state index contributed by atoms with van der Waals surface area (Å²) in [4.78, 5) is 4.41. The number of hydrogen-bond acceptors (Lipinski definition) is 2. The lowest BCUT2D eigenvalue weighted by Crippen LogP contribution is -2.11. The molecule has 20 heavy (non-hydrogen) atoms. The summed E-state index contributed by atoms with van der Waals surface area (Å²) in [5.41, 5.74) is 1.26. The van der Waals surface area contributed by atoms with Crippen LogP contribution in [-0.4, -0.2) is 21.1 Å². The SMILES string of the molecule is CCSCCC(C)n1c(C(C)Cl)nc2c(F)cccc21. The van der Waals surface area contributed by atoms with Gasteiger partial charge in [-0.3, -0.25) is 0 Å². The highest BCUT2D eigenvalue weighted by atomic mass is 35.5. The molecular formula is C15H20ClFN2S. The molecule has 0 bridgehead atoms. The van der Waals surface area contributed by atoms with Crippen LogP contribution in [0.1, 0.15) is 44.4 Å². The largest absolute Gasteiger partial charge is 0.324 e. The Bertz CT molecular complexity index is 583. The summed E-state index contributed by atoms with van der Waals surface area (Å²) in [7, 11) is 0. The predicted octanol–water partition coefficient (Wildman–Crippen LogP) is 5.18. The van der Waals surface area contributed by atoms with Gasteiger partial charge in [0.2, 0.25) is 0 Å².